The highest BCUT2D eigenvalue weighted by Gasteiger charge is 2.14. The number of hydrogen-bond acceptors (Lipinski definition) is 4. The van der Waals surface area contributed by atoms with E-state index in [-0.39, 0.29) is 5.91 Å². The van der Waals surface area contributed by atoms with Gasteiger partial charge in [-0.05, 0) is 56.3 Å². The summed E-state index contributed by atoms with van der Waals surface area (Å²) in [5.41, 5.74) is 3.46. The van der Waals surface area contributed by atoms with Crippen LogP contribution in [-0.2, 0) is 11.2 Å². The number of aryl methyl sites for hydroxylation is 1. The SMILES string of the molecule is CN1CCN(c2ccc(NC(=O)CCNCCCc3ccccc3)cc2)CC1. The van der Waals surface area contributed by atoms with Gasteiger partial charge in [-0.25, -0.2) is 0 Å². The molecule has 2 N–H and O–H groups in total. The zero-order chi connectivity index (χ0) is 19.6. The summed E-state index contributed by atoms with van der Waals surface area (Å²) in [6.45, 7) is 5.94. The van der Waals surface area contributed by atoms with E-state index in [0.717, 1.165) is 51.3 Å². The van der Waals surface area contributed by atoms with Crippen LogP contribution in [0.1, 0.15) is 18.4 Å². The summed E-state index contributed by atoms with van der Waals surface area (Å²) in [4.78, 5) is 16.9. The van der Waals surface area contributed by atoms with Crippen molar-refractivity contribution in [2.24, 2.45) is 0 Å². The molecule has 3 rings (SSSR count). The molecule has 2 aromatic rings. The van der Waals surface area contributed by atoms with Crippen LogP contribution in [0.4, 0.5) is 11.4 Å². The smallest absolute Gasteiger partial charge is 0.225 e. The molecular formula is C23H32N4O. The third-order valence-corrected chi connectivity index (χ3v) is 5.21. The number of piperazine rings is 1. The molecule has 1 saturated heterocycles. The van der Waals surface area contributed by atoms with Gasteiger partial charge < -0.3 is 20.4 Å². The number of nitrogens with zero attached hydrogens (tertiary/aromatic N) is 2. The van der Waals surface area contributed by atoms with Gasteiger partial charge in [-0.15, -0.1) is 0 Å². The van der Waals surface area contributed by atoms with Crippen LogP contribution < -0.4 is 15.5 Å². The highest BCUT2D eigenvalue weighted by atomic mass is 16.1. The zero-order valence-corrected chi connectivity index (χ0v) is 16.9. The molecule has 0 aliphatic carbocycles. The van der Waals surface area contributed by atoms with Crippen molar-refractivity contribution in [2.75, 3.05) is 56.5 Å². The molecule has 0 saturated carbocycles. The van der Waals surface area contributed by atoms with Crippen molar-refractivity contribution in [3.63, 3.8) is 0 Å². The molecular weight excluding hydrogens is 348 g/mol. The number of nitrogens with one attached hydrogen (secondary N) is 2. The van der Waals surface area contributed by atoms with Gasteiger partial charge in [-0.2, -0.15) is 0 Å². The van der Waals surface area contributed by atoms with Gasteiger partial charge in [-0.3, -0.25) is 4.79 Å². The summed E-state index contributed by atoms with van der Waals surface area (Å²) in [6, 6.07) is 18.7. The minimum atomic E-state index is 0.0582. The third kappa shape index (κ3) is 6.66. The Morgan fingerprint density at radius 2 is 1.64 bits per heavy atom. The van der Waals surface area contributed by atoms with Crippen LogP contribution in [0.5, 0.6) is 0 Å². The van der Waals surface area contributed by atoms with Gasteiger partial charge >= 0.3 is 0 Å². The maximum absolute atomic E-state index is 12.1. The van der Waals surface area contributed by atoms with Crippen LogP contribution in [-0.4, -0.2) is 57.1 Å². The van der Waals surface area contributed by atoms with E-state index in [1.54, 1.807) is 0 Å². The first kappa shape index (κ1) is 20.4. The first-order chi connectivity index (χ1) is 13.7. The lowest BCUT2D eigenvalue weighted by atomic mass is 10.1. The molecule has 2 aromatic carbocycles. The Balaban J connectivity index is 1.30. The summed E-state index contributed by atoms with van der Waals surface area (Å²) >= 11 is 0. The normalized spacial score (nSPS) is 14.8. The highest BCUT2D eigenvalue weighted by Crippen LogP contribution is 2.19. The van der Waals surface area contributed by atoms with Gasteiger partial charge in [-0.1, -0.05) is 30.3 Å². The second-order valence-electron chi connectivity index (χ2n) is 7.47. The number of carbonyl (C=O) groups excluding carboxylic acids is 1. The van der Waals surface area contributed by atoms with Crippen molar-refractivity contribution in [1.82, 2.24) is 10.2 Å². The van der Waals surface area contributed by atoms with E-state index in [1.807, 2.05) is 18.2 Å². The molecule has 1 aliphatic heterocycles. The van der Waals surface area contributed by atoms with E-state index in [4.69, 9.17) is 0 Å². The summed E-state index contributed by atoms with van der Waals surface area (Å²) in [5, 5.41) is 6.35. The first-order valence-corrected chi connectivity index (χ1v) is 10.3. The second-order valence-corrected chi connectivity index (χ2v) is 7.47. The van der Waals surface area contributed by atoms with E-state index < -0.39 is 0 Å². The average molecular weight is 381 g/mol. The van der Waals surface area contributed by atoms with Crippen molar-refractivity contribution < 1.29 is 4.79 Å². The van der Waals surface area contributed by atoms with E-state index in [9.17, 15) is 4.79 Å². The fourth-order valence-electron chi connectivity index (χ4n) is 3.43. The van der Waals surface area contributed by atoms with Crippen molar-refractivity contribution in [1.29, 1.82) is 0 Å². The molecule has 0 spiro atoms. The molecule has 1 heterocycles. The maximum atomic E-state index is 12.1. The number of benzene rings is 2. The Labute approximate surface area is 168 Å². The lowest BCUT2D eigenvalue weighted by molar-refractivity contribution is -0.116. The fraction of sp³-hybridized carbons (Fsp3) is 0.435. The summed E-state index contributed by atoms with van der Waals surface area (Å²) < 4.78 is 0. The number of anilines is 2. The quantitative estimate of drug-likeness (QED) is 0.657. The van der Waals surface area contributed by atoms with Crippen LogP contribution in [0, 0.1) is 0 Å². The predicted molar refractivity (Wildman–Crippen MR) is 117 cm³/mol. The Hall–Kier alpha value is -2.37. The Bertz CT molecular complexity index is 709. The van der Waals surface area contributed by atoms with Crippen molar-refractivity contribution in [3.8, 4) is 0 Å². The maximum Gasteiger partial charge on any atom is 0.225 e. The molecule has 28 heavy (non-hydrogen) atoms. The van der Waals surface area contributed by atoms with E-state index in [1.165, 1.54) is 11.3 Å². The number of rotatable bonds is 9. The lowest BCUT2D eigenvalue weighted by Crippen LogP contribution is -2.44. The molecule has 0 atom stereocenters. The van der Waals surface area contributed by atoms with Crippen molar-refractivity contribution >= 4 is 17.3 Å². The van der Waals surface area contributed by atoms with Gasteiger partial charge in [0.25, 0.3) is 0 Å². The number of hydrogen-bond donors (Lipinski definition) is 2. The molecule has 1 aliphatic rings. The molecule has 1 amide bonds. The van der Waals surface area contributed by atoms with E-state index >= 15 is 0 Å². The van der Waals surface area contributed by atoms with Crippen LogP contribution in [0.15, 0.2) is 54.6 Å². The van der Waals surface area contributed by atoms with Gasteiger partial charge in [0, 0.05) is 50.5 Å². The molecule has 5 nitrogen and oxygen atoms in total. The van der Waals surface area contributed by atoms with Gasteiger partial charge in [0.2, 0.25) is 5.91 Å². The van der Waals surface area contributed by atoms with Crippen LogP contribution in [0.25, 0.3) is 0 Å². The third-order valence-electron chi connectivity index (χ3n) is 5.21. The fourth-order valence-corrected chi connectivity index (χ4v) is 3.43. The molecule has 0 radical (unpaired) electrons. The molecule has 1 fully saturated rings. The Morgan fingerprint density at radius 3 is 2.36 bits per heavy atom. The minimum Gasteiger partial charge on any atom is -0.369 e. The largest absolute Gasteiger partial charge is 0.369 e. The summed E-state index contributed by atoms with van der Waals surface area (Å²) in [5.74, 6) is 0.0582. The first-order valence-electron chi connectivity index (χ1n) is 10.3. The minimum absolute atomic E-state index is 0.0582. The van der Waals surface area contributed by atoms with E-state index in [0.29, 0.717) is 13.0 Å². The Morgan fingerprint density at radius 1 is 0.929 bits per heavy atom. The molecule has 5 heteroatoms. The monoisotopic (exact) mass is 380 g/mol. The summed E-state index contributed by atoms with van der Waals surface area (Å²) in [7, 11) is 2.16. The predicted octanol–water partition coefficient (Wildman–Crippen LogP) is 2.99. The highest BCUT2D eigenvalue weighted by molar-refractivity contribution is 5.91. The van der Waals surface area contributed by atoms with Crippen molar-refractivity contribution in [2.45, 2.75) is 19.3 Å². The average Bonchev–Trinajstić information content (AvgIpc) is 2.72. The molecule has 0 unspecified atom stereocenters. The lowest BCUT2D eigenvalue weighted by Gasteiger charge is -2.34. The van der Waals surface area contributed by atoms with Gasteiger partial charge in [0.05, 0.1) is 0 Å². The molecule has 0 bridgehead atoms. The molecule has 0 aromatic heterocycles. The van der Waals surface area contributed by atoms with Crippen LogP contribution in [0.2, 0.25) is 0 Å². The van der Waals surface area contributed by atoms with Crippen molar-refractivity contribution in [3.05, 3.63) is 60.2 Å². The standard InChI is InChI=1S/C23H32N4O/c1-26-16-18-27(19-17-26)22-11-9-21(10-12-22)25-23(28)13-15-24-14-5-8-20-6-3-2-4-7-20/h2-4,6-7,9-12,24H,5,8,13-19H2,1H3,(H,25,28). The van der Waals surface area contributed by atoms with Gasteiger partial charge in [0.1, 0.15) is 0 Å². The van der Waals surface area contributed by atoms with Crippen LogP contribution in [0.3, 0.4) is 0 Å². The number of amides is 1. The topological polar surface area (TPSA) is 47.6 Å². The molecule has 150 valence electrons. The number of carbonyl (C=O) groups is 1. The zero-order valence-electron chi connectivity index (χ0n) is 16.9. The van der Waals surface area contributed by atoms with Gasteiger partial charge in [0.15, 0.2) is 0 Å². The van der Waals surface area contributed by atoms with Crippen LogP contribution >= 0.6 is 0 Å². The number of likely N-dealkylation sites (N-methyl/N-ethyl adjacent to an activating group) is 1. The summed E-state index contributed by atoms with van der Waals surface area (Å²) in [6.07, 6.45) is 2.64. The second kappa shape index (κ2) is 10.8. The van der Waals surface area contributed by atoms with E-state index in [2.05, 4.69) is 63.9 Å². The Kier molecular flexibility index (Phi) is 7.88.